The minimum absolute atomic E-state index is 0.0765. The zero-order valence-corrected chi connectivity index (χ0v) is 13.3. The molecule has 1 N–H and O–H groups in total. The lowest BCUT2D eigenvalue weighted by molar-refractivity contribution is 0.453. The number of hydrogen-bond acceptors (Lipinski definition) is 5. The number of aromatic nitrogens is 2. The predicted molar refractivity (Wildman–Crippen MR) is 92.2 cm³/mol. The van der Waals surface area contributed by atoms with Crippen molar-refractivity contribution in [2.45, 2.75) is 13.3 Å². The Bertz CT molecular complexity index is 1010. The number of para-hydroxylation sites is 2. The third kappa shape index (κ3) is 2.37. The second-order valence-electron chi connectivity index (χ2n) is 5.17. The van der Waals surface area contributed by atoms with Crippen LogP contribution in [0.4, 0.5) is 10.7 Å². The summed E-state index contributed by atoms with van der Waals surface area (Å²) in [6.07, 6.45) is 0.993. The molecule has 0 amide bonds. The average Bonchev–Trinajstić information content (AvgIpc) is 3.10. The Labute approximate surface area is 136 Å². The maximum Gasteiger partial charge on any atom is 0.237 e. The Hall–Kier alpha value is -2.73. The van der Waals surface area contributed by atoms with Gasteiger partial charge in [0.25, 0.3) is 0 Å². The van der Waals surface area contributed by atoms with Gasteiger partial charge in [0, 0.05) is 0 Å². The number of benzene rings is 2. The molecule has 0 saturated heterocycles. The summed E-state index contributed by atoms with van der Waals surface area (Å²) in [6.45, 7) is 2.11. The Kier molecular flexibility index (Phi) is 3.31. The van der Waals surface area contributed by atoms with E-state index < -0.39 is 0 Å². The molecule has 0 radical (unpaired) electrons. The van der Waals surface area contributed by atoms with Gasteiger partial charge in [-0.1, -0.05) is 42.5 Å². The van der Waals surface area contributed by atoms with Crippen molar-refractivity contribution in [3.05, 3.63) is 54.1 Å². The van der Waals surface area contributed by atoms with Crippen molar-refractivity contribution >= 4 is 38.0 Å². The molecule has 0 fully saturated rings. The van der Waals surface area contributed by atoms with E-state index in [9.17, 15) is 5.11 Å². The minimum Gasteiger partial charge on any atom is -0.492 e. The highest BCUT2D eigenvalue weighted by Crippen LogP contribution is 2.39. The molecule has 0 unspecified atom stereocenters. The summed E-state index contributed by atoms with van der Waals surface area (Å²) < 4.78 is 1.70. The minimum atomic E-state index is 0.0765. The lowest BCUT2D eigenvalue weighted by Crippen LogP contribution is -1.77. The molecule has 6 heteroatoms. The quantitative estimate of drug-likeness (QED) is 0.525. The molecule has 4 aromatic rings. The number of azo groups is 1. The van der Waals surface area contributed by atoms with Crippen molar-refractivity contribution < 1.29 is 5.11 Å². The van der Waals surface area contributed by atoms with E-state index in [-0.39, 0.29) is 5.88 Å². The second kappa shape index (κ2) is 5.48. The molecule has 0 bridgehead atoms. The van der Waals surface area contributed by atoms with Gasteiger partial charge >= 0.3 is 0 Å². The van der Waals surface area contributed by atoms with Crippen LogP contribution in [0.2, 0.25) is 0 Å². The van der Waals surface area contributed by atoms with Crippen molar-refractivity contribution in [1.82, 2.24) is 9.38 Å². The SMILES string of the molecule is CCc1ccc(N=Nc2sc3nc4ccccc4n3c2O)cc1. The summed E-state index contributed by atoms with van der Waals surface area (Å²) >= 11 is 1.32. The zero-order valence-electron chi connectivity index (χ0n) is 12.5. The van der Waals surface area contributed by atoms with Crippen molar-refractivity contribution in [3.63, 3.8) is 0 Å². The van der Waals surface area contributed by atoms with Gasteiger partial charge in [0.1, 0.15) is 0 Å². The van der Waals surface area contributed by atoms with Gasteiger partial charge in [0.2, 0.25) is 10.9 Å². The molecule has 2 aromatic heterocycles. The van der Waals surface area contributed by atoms with Crippen molar-refractivity contribution in [1.29, 1.82) is 0 Å². The Morgan fingerprint density at radius 1 is 1.09 bits per heavy atom. The van der Waals surface area contributed by atoms with Gasteiger partial charge in [-0.25, -0.2) is 4.98 Å². The zero-order chi connectivity index (χ0) is 15.8. The van der Waals surface area contributed by atoms with Crippen LogP contribution >= 0.6 is 11.3 Å². The van der Waals surface area contributed by atoms with Crippen molar-refractivity contribution in [2.24, 2.45) is 10.2 Å². The fraction of sp³-hybridized carbons (Fsp3) is 0.118. The summed E-state index contributed by atoms with van der Waals surface area (Å²) in [5.41, 5.74) is 3.74. The van der Waals surface area contributed by atoms with E-state index in [1.807, 2.05) is 48.5 Å². The summed E-state index contributed by atoms with van der Waals surface area (Å²) in [7, 11) is 0. The molecule has 0 spiro atoms. The maximum absolute atomic E-state index is 10.4. The number of thiazole rings is 1. The predicted octanol–water partition coefficient (Wildman–Crippen LogP) is 5.23. The summed E-state index contributed by atoms with van der Waals surface area (Å²) in [5.74, 6) is 0.0765. The summed E-state index contributed by atoms with van der Waals surface area (Å²) in [5, 5.41) is 19.3. The first-order valence-electron chi connectivity index (χ1n) is 7.36. The van der Waals surface area contributed by atoms with E-state index in [4.69, 9.17) is 0 Å². The first-order chi connectivity index (χ1) is 11.3. The normalized spacial score (nSPS) is 11.9. The fourth-order valence-electron chi connectivity index (χ4n) is 2.47. The molecule has 0 aliphatic carbocycles. The standard InChI is InChI=1S/C17H14N4OS/c1-2-11-7-9-12(10-8-11)19-20-15-16(22)21-14-6-4-3-5-13(14)18-17(21)23-15/h3-10,22H,2H2,1H3. The third-order valence-corrected chi connectivity index (χ3v) is 4.64. The molecule has 2 aromatic carbocycles. The topological polar surface area (TPSA) is 62.2 Å². The van der Waals surface area contributed by atoms with Gasteiger partial charge in [0.15, 0.2) is 4.96 Å². The molecule has 0 aliphatic rings. The van der Waals surface area contributed by atoms with E-state index in [0.717, 1.165) is 23.1 Å². The monoisotopic (exact) mass is 322 g/mol. The molecule has 2 heterocycles. The van der Waals surface area contributed by atoms with E-state index in [1.165, 1.54) is 16.9 Å². The van der Waals surface area contributed by atoms with Gasteiger partial charge in [0.05, 0.1) is 16.7 Å². The van der Waals surface area contributed by atoms with Crippen LogP contribution in [-0.2, 0) is 6.42 Å². The van der Waals surface area contributed by atoms with Crippen LogP contribution in [-0.4, -0.2) is 14.5 Å². The van der Waals surface area contributed by atoms with Gasteiger partial charge in [-0.2, -0.15) is 0 Å². The van der Waals surface area contributed by atoms with E-state index in [0.29, 0.717) is 9.96 Å². The molecule has 23 heavy (non-hydrogen) atoms. The Morgan fingerprint density at radius 3 is 2.65 bits per heavy atom. The lowest BCUT2D eigenvalue weighted by atomic mass is 10.2. The first-order valence-corrected chi connectivity index (χ1v) is 8.17. The van der Waals surface area contributed by atoms with Gasteiger partial charge in [-0.05, 0) is 36.2 Å². The number of nitrogens with zero attached hydrogens (tertiary/aromatic N) is 4. The molecule has 4 rings (SSSR count). The van der Waals surface area contributed by atoms with Gasteiger partial charge < -0.3 is 5.11 Å². The number of hydrogen-bond donors (Lipinski definition) is 1. The second-order valence-corrected chi connectivity index (χ2v) is 6.13. The van der Waals surface area contributed by atoms with Crippen LogP contribution in [0.5, 0.6) is 5.88 Å². The molecular weight excluding hydrogens is 308 g/mol. The molecule has 0 aliphatic heterocycles. The largest absolute Gasteiger partial charge is 0.492 e. The van der Waals surface area contributed by atoms with E-state index in [2.05, 4.69) is 22.1 Å². The van der Waals surface area contributed by atoms with Crippen LogP contribution < -0.4 is 0 Å². The van der Waals surface area contributed by atoms with Gasteiger partial charge in [-0.15, -0.1) is 10.2 Å². The Morgan fingerprint density at radius 2 is 1.87 bits per heavy atom. The maximum atomic E-state index is 10.4. The first kappa shape index (κ1) is 13.9. The number of rotatable bonds is 3. The van der Waals surface area contributed by atoms with Crippen LogP contribution in [0.15, 0.2) is 58.8 Å². The van der Waals surface area contributed by atoms with Crippen molar-refractivity contribution in [3.8, 4) is 5.88 Å². The molecule has 0 atom stereocenters. The molecule has 5 nitrogen and oxygen atoms in total. The van der Waals surface area contributed by atoms with E-state index in [1.54, 1.807) is 4.40 Å². The molecule has 114 valence electrons. The summed E-state index contributed by atoms with van der Waals surface area (Å²) in [6, 6.07) is 15.6. The summed E-state index contributed by atoms with van der Waals surface area (Å²) in [4.78, 5) is 5.20. The van der Waals surface area contributed by atoms with Crippen molar-refractivity contribution in [2.75, 3.05) is 0 Å². The Balaban J connectivity index is 1.73. The average molecular weight is 322 g/mol. The van der Waals surface area contributed by atoms with Crippen LogP contribution in [0.1, 0.15) is 12.5 Å². The molecular formula is C17H14N4OS. The van der Waals surface area contributed by atoms with Crippen LogP contribution in [0.25, 0.3) is 16.0 Å². The fourth-order valence-corrected chi connectivity index (χ4v) is 3.33. The number of imidazole rings is 1. The van der Waals surface area contributed by atoms with Gasteiger partial charge in [-0.3, -0.25) is 4.40 Å². The third-order valence-electron chi connectivity index (χ3n) is 3.72. The number of fused-ring (bicyclic) bond motifs is 3. The van der Waals surface area contributed by atoms with E-state index >= 15 is 0 Å². The lowest BCUT2D eigenvalue weighted by Gasteiger charge is -1.96. The number of aryl methyl sites for hydroxylation is 1. The number of aromatic hydroxyl groups is 1. The highest BCUT2D eigenvalue weighted by atomic mass is 32.1. The highest BCUT2D eigenvalue weighted by Gasteiger charge is 2.15. The van der Waals surface area contributed by atoms with Crippen LogP contribution in [0, 0.1) is 0 Å². The smallest absolute Gasteiger partial charge is 0.237 e. The van der Waals surface area contributed by atoms with Crippen LogP contribution in [0.3, 0.4) is 0 Å². The molecule has 0 saturated carbocycles. The highest BCUT2D eigenvalue weighted by molar-refractivity contribution is 7.21.